The zero-order chi connectivity index (χ0) is 85.7. The Morgan fingerprint density at radius 2 is 0.628 bits per heavy atom. The van der Waals surface area contributed by atoms with E-state index in [1.165, 1.54) is 64.2 Å². The fourth-order valence-corrected chi connectivity index (χ4v) is 14.6. The number of ether oxygens (including phenoxy) is 25. The van der Waals surface area contributed by atoms with Crippen LogP contribution < -0.4 is 16.0 Å². The van der Waals surface area contributed by atoms with E-state index in [-0.39, 0.29) is 42.5 Å². The van der Waals surface area contributed by atoms with E-state index in [2.05, 4.69) is 40.7 Å². The number of hydrogen-bond acceptors (Lipinski definition) is 30. The van der Waals surface area contributed by atoms with E-state index in [1.807, 2.05) is 13.8 Å². The molecule has 3 N–H and O–H groups in total. The molecule has 0 aromatic carbocycles. The third-order valence-electron chi connectivity index (χ3n) is 21.7. The van der Waals surface area contributed by atoms with Gasteiger partial charge >= 0.3 is 12.1 Å². The van der Waals surface area contributed by atoms with Gasteiger partial charge in [0.1, 0.15) is 6.10 Å². The lowest BCUT2D eigenvalue weighted by Crippen LogP contribution is -2.48. The van der Waals surface area contributed by atoms with Crippen LogP contribution in [0.2, 0.25) is 0 Å². The predicted octanol–water partition coefficient (Wildman–Crippen LogP) is 8.88. The van der Waals surface area contributed by atoms with Crippen LogP contribution in [-0.2, 0) is 118 Å². The number of amides is 3. The minimum atomic E-state index is -0.286. The van der Waals surface area contributed by atoms with Gasteiger partial charge in [-0.05, 0) is 166 Å². The maximum atomic E-state index is 12.9. The molecule has 0 bridgehead atoms. The zero-order valence-corrected chi connectivity index (χ0v) is 75.4. The van der Waals surface area contributed by atoms with Crippen LogP contribution in [-0.4, -0.2) is 396 Å². The van der Waals surface area contributed by atoms with Gasteiger partial charge in [-0.25, -0.2) is 19.6 Å². The van der Waals surface area contributed by atoms with Crippen molar-refractivity contribution in [1.29, 1.82) is 0 Å². The average molecular weight is 1740 g/mol. The summed E-state index contributed by atoms with van der Waals surface area (Å²) in [5, 5.41) is 9.49. The van der Waals surface area contributed by atoms with Crippen LogP contribution in [0.25, 0.3) is 0 Å². The highest BCUT2D eigenvalue weighted by Gasteiger charge is 2.34. The van der Waals surface area contributed by atoms with Gasteiger partial charge in [0.2, 0.25) is 0 Å². The summed E-state index contributed by atoms with van der Waals surface area (Å²) in [6, 6.07) is 4.62. The first-order chi connectivity index (χ1) is 59.6. The number of methoxy groups -OCH3 is 1. The second-order valence-corrected chi connectivity index (χ2v) is 32.0. The highest BCUT2D eigenvalue weighted by atomic mass is 16.6. The zero-order valence-electron chi connectivity index (χ0n) is 75.4. The quantitative estimate of drug-likeness (QED) is 0.0291. The Kier molecular flexibility index (Phi) is 70.9. The summed E-state index contributed by atoms with van der Waals surface area (Å²) in [5.74, 6) is 3.02. The molecular weight excluding hydrogens is 1570 g/mol. The summed E-state index contributed by atoms with van der Waals surface area (Å²) < 4.78 is 139. The molecule has 5 aliphatic rings. The van der Waals surface area contributed by atoms with E-state index in [0.29, 0.717) is 322 Å². The molecule has 0 aromatic heterocycles. The summed E-state index contributed by atoms with van der Waals surface area (Å²) >= 11 is 0. The molecule has 33 heteroatoms. The van der Waals surface area contributed by atoms with Crippen molar-refractivity contribution in [3.05, 3.63) is 0 Å². The first-order valence-electron chi connectivity index (χ1n) is 46.4. The van der Waals surface area contributed by atoms with Gasteiger partial charge < -0.3 is 134 Å². The van der Waals surface area contributed by atoms with Crippen molar-refractivity contribution in [3.8, 4) is 0 Å². The van der Waals surface area contributed by atoms with Crippen LogP contribution in [0.1, 0.15) is 156 Å². The Morgan fingerprint density at radius 3 is 0.917 bits per heavy atom. The number of hydrogen-bond donors (Lipinski definition) is 3. The molecule has 1 saturated heterocycles. The van der Waals surface area contributed by atoms with Crippen LogP contribution in [0.5, 0.6) is 0 Å². The van der Waals surface area contributed by atoms with Crippen molar-refractivity contribution in [2.24, 2.45) is 33.7 Å². The average Bonchev–Trinajstić information content (AvgIpc) is 1.71. The van der Waals surface area contributed by atoms with Gasteiger partial charge in [-0.3, -0.25) is 4.90 Å². The molecule has 1 heterocycles. The molecule has 710 valence electrons. The lowest BCUT2D eigenvalue weighted by atomic mass is 9.76. The molecule has 0 spiro atoms. The number of nitrogens with zero attached hydrogens (tertiary/aromatic N) is 3. The lowest BCUT2D eigenvalue weighted by Gasteiger charge is -2.33. The standard InChI is InChI=1S/C88H166N6O27/c1-6-7-24-118-73-86(70-94-69-76(94)3)121-88(96)93-85-22-14-81(15-23-85)68-79-10-18-83(19-11-79)90-74-89-82-16-8-78(9-17-82)67-80-12-20-84(21-13-80)92-87(95)91-75(2)71-120-77(4)72-119-66-65-117-64-63-116-62-61-115-60-59-114-58-57-113-56-55-112-54-53-111-52-51-110-50-49-109-48-47-108-46-45-107-44-43-106-42-41-105-40-39-104-38-37-103-36-35-102-34-33-101-32-31-100-30-29-99-28-27-98-26-25-97-5/h75-86H,6-73H2,1-5H3,(H,93,96)(H2,91,92,95). The van der Waals surface area contributed by atoms with Gasteiger partial charge in [0, 0.05) is 44.9 Å². The number of aliphatic imine (C=N–C) groups is 2. The first kappa shape index (κ1) is 108. The first-order valence-corrected chi connectivity index (χ1v) is 46.4. The summed E-state index contributed by atoms with van der Waals surface area (Å²) in [6.45, 7) is 32.8. The topological polar surface area (TPSA) is 329 Å². The van der Waals surface area contributed by atoms with Crippen molar-refractivity contribution in [1.82, 2.24) is 20.9 Å². The molecule has 5 fully saturated rings. The Bertz CT molecular complexity index is 2360. The van der Waals surface area contributed by atoms with Crippen LogP contribution >= 0.6 is 0 Å². The van der Waals surface area contributed by atoms with Crippen molar-refractivity contribution >= 4 is 18.1 Å². The number of urea groups is 1. The van der Waals surface area contributed by atoms with Crippen LogP contribution in [0, 0.1) is 23.7 Å². The Hall–Kier alpha value is -3.08. The predicted molar refractivity (Wildman–Crippen MR) is 458 cm³/mol. The minimum Gasteiger partial charge on any atom is -0.442 e. The van der Waals surface area contributed by atoms with E-state index in [9.17, 15) is 9.59 Å². The van der Waals surface area contributed by atoms with Crippen LogP contribution in [0.15, 0.2) is 9.98 Å². The molecule has 0 radical (unpaired) electrons. The van der Waals surface area contributed by atoms with Crippen LogP contribution in [0.4, 0.5) is 9.59 Å². The highest BCUT2D eigenvalue weighted by molar-refractivity contribution is 5.74. The van der Waals surface area contributed by atoms with Crippen molar-refractivity contribution in [2.45, 2.75) is 205 Å². The Balaban J connectivity index is 0.646. The monoisotopic (exact) mass is 1740 g/mol. The molecule has 5 atom stereocenters. The van der Waals surface area contributed by atoms with Gasteiger partial charge in [0.25, 0.3) is 0 Å². The van der Waals surface area contributed by atoms with E-state index in [1.54, 1.807) is 7.11 Å². The second-order valence-electron chi connectivity index (χ2n) is 32.0. The summed E-state index contributed by atoms with van der Waals surface area (Å²) in [6.07, 6.45) is 22.4. The summed E-state index contributed by atoms with van der Waals surface area (Å²) in [4.78, 5) is 37.9. The molecule has 0 aromatic rings. The smallest absolute Gasteiger partial charge is 0.407 e. The molecule has 4 saturated carbocycles. The van der Waals surface area contributed by atoms with Crippen molar-refractivity contribution < 1.29 is 128 Å². The van der Waals surface area contributed by atoms with E-state index >= 15 is 0 Å². The molecule has 121 heavy (non-hydrogen) atoms. The largest absolute Gasteiger partial charge is 0.442 e. The molecule has 4 aliphatic carbocycles. The number of nitrogens with one attached hydrogen (secondary N) is 3. The molecule has 3 amide bonds. The van der Waals surface area contributed by atoms with Gasteiger partial charge in [-0.1, -0.05) is 13.3 Å². The van der Waals surface area contributed by atoms with Crippen molar-refractivity contribution in [3.63, 3.8) is 0 Å². The third kappa shape index (κ3) is 65.2. The van der Waals surface area contributed by atoms with Gasteiger partial charge in [0.15, 0.2) is 0 Å². The molecule has 1 aliphatic heterocycles. The second kappa shape index (κ2) is 79.1. The normalized spacial score (nSPS) is 22.0. The number of carbonyl (C=O) groups excluding carboxylic acids is 2. The molecule has 5 unspecified atom stereocenters. The Morgan fingerprint density at radius 1 is 0.355 bits per heavy atom. The number of rotatable bonds is 85. The van der Waals surface area contributed by atoms with Gasteiger partial charge in [-0.2, -0.15) is 0 Å². The van der Waals surface area contributed by atoms with Gasteiger partial charge in [-0.15, -0.1) is 0 Å². The van der Waals surface area contributed by atoms with E-state index in [4.69, 9.17) is 128 Å². The van der Waals surface area contributed by atoms with Crippen molar-refractivity contribution in [2.75, 3.05) is 324 Å². The lowest BCUT2D eigenvalue weighted by molar-refractivity contribution is -0.0376. The van der Waals surface area contributed by atoms with E-state index in [0.717, 1.165) is 101 Å². The number of alkyl carbamates (subject to hydrolysis) is 1. The minimum absolute atomic E-state index is 0.119. The maximum absolute atomic E-state index is 12.9. The molecular formula is C88H166N6O27. The number of carbonyl (C=O) groups is 2. The fraction of sp³-hybridized carbons (Fsp3) is 0.966. The molecule has 5 rings (SSSR count). The molecule has 33 nitrogen and oxygen atoms in total. The Labute approximate surface area is 726 Å². The SMILES string of the molecule is CCCCOCC(CN1CC1C)OC(=O)NC1CCC(CC2CCC(N=C=NC3CCC(CC4CCC(NC(=O)NC(C)COC(C)COCCOCCOCCOCCOCCOCCOCCOCCOCCOCCOCCOCCOCCOCCOCCOCCOCCOCCOCCOCCOCCOC)CC4)CC3)CC2)CC1. The van der Waals surface area contributed by atoms with Gasteiger partial charge in [0.05, 0.1) is 328 Å². The highest BCUT2D eigenvalue weighted by Crippen LogP contribution is 2.38. The van der Waals surface area contributed by atoms with Crippen LogP contribution in [0.3, 0.4) is 0 Å². The number of unbranched alkanes of at least 4 members (excludes halogenated alkanes) is 1. The maximum Gasteiger partial charge on any atom is 0.407 e. The van der Waals surface area contributed by atoms with E-state index < -0.39 is 0 Å². The third-order valence-corrected chi connectivity index (χ3v) is 21.7. The summed E-state index contributed by atoms with van der Waals surface area (Å²) in [7, 11) is 1.64. The fourth-order valence-electron chi connectivity index (χ4n) is 14.6. The summed E-state index contributed by atoms with van der Waals surface area (Å²) in [5.41, 5.74) is 0.